The Kier molecular flexibility index (Phi) is 4.47. The molecule has 1 heterocycles. The van der Waals surface area contributed by atoms with Gasteiger partial charge in [-0.1, -0.05) is 0 Å². The average Bonchev–Trinajstić information content (AvgIpc) is 2.87. The molecule has 0 aliphatic heterocycles. The number of rotatable bonds is 5. The number of methoxy groups -OCH3 is 3. The van der Waals surface area contributed by atoms with Crippen molar-refractivity contribution in [2.45, 2.75) is 13.8 Å². The lowest BCUT2D eigenvalue weighted by Gasteiger charge is -2.12. The van der Waals surface area contributed by atoms with E-state index in [1.54, 1.807) is 33.5 Å². The van der Waals surface area contributed by atoms with Crippen LogP contribution < -0.4 is 14.2 Å². The summed E-state index contributed by atoms with van der Waals surface area (Å²) in [6.45, 7) is 3.36. The Morgan fingerprint density at radius 3 is 2.10 bits per heavy atom. The molecule has 0 N–H and O–H groups in total. The van der Waals surface area contributed by atoms with Crippen LogP contribution in [-0.4, -0.2) is 32.1 Å². The molecular weight excluding hydrogens is 290 g/mol. The van der Waals surface area contributed by atoms with Crippen molar-refractivity contribution in [2.75, 3.05) is 21.3 Å². The van der Waals surface area contributed by atoms with Gasteiger partial charge in [-0.3, -0.25) is 4.79 Å². The predicted octanol–water partition coefficient (Wildman–Crippen LogP) is 3.35. The molecule has 0 saturated carbocycles. The largest absolute Gasteiger partial charge is 0.496 e. The second-order valence-electron chi connectivity index (χ2n) is 4.40. The summed E-state index contributed by atoms with van der Waals surface area (Å²) in [5.41, 5.74) is 1.50. The Morgan fingerprint density at radius 1 is 1.05 bits per heavy atom. The first-order valence-corrected chi connectivity index (χ1v) is 7.12. The molecule has 0 aliphatic rings. The van der Waals surface area contributed by atoms with Crippen LogP contribution in [0.2, 0.25) is 0 Å². The fourth-order valence-corrected chi connectivity index (χ4v) is 3.02. The second-order valence-corrected chi connectivity index (χ2v) is 5.40. The Balaban J connectivity index is 2.62. The summed E-state index contributed by atoms with van der Waals surface area (Å²) in [6, 6.07) is 3.55. The van der Waals surface area contributed by atoms with E-state index in [4.69, 9.17) is 14.2 Å². The molecule has 6 heteroatoms. The van der Waals surface area contributed by atoms with Crippen LogP contribution in [0.25, 0.3) is 10.6 Å². The molecule has 0 fully saturated rings. The molecule has 21 heavy (non-hydrogen) atoms. The van der Waals surface area contributed by atoms with Crippen LogP contribution in [0.5, 0.6) is 17.2 Å². The molecule has 0 amide bonds. The minimum absolute atomic E-state index is 0.00990. The summed E-state index contributed by atoms with van der Waals surface area (Å²) in [5, 5.41) is 0.718. The number of nitrogens with zero attached hydrogens (tertiary/aromatic N) is 1. The highest BCUT2D eigenvalue weighted by atomic mass is 32.1. The molecule has 0 atom stereocenters. The minimum atomic E-state index is 0.00990. The van der Waals surface area contributed by atoms with Gasteiger partial charge < -0.3 is 14.2 Å². The smallest absolute Gasteiger partial charge is 0.171 e. The molecular formula is C15H17NO4S. The van der Waals surface area contributed by atoms with Gasteiger partial charge in [-0.25, -0.2) is 4.98 Å². The van der Waals surface area contributed by atoms with Crippen molar-refractivity contribution in [3.8, 4) is 27.8 Å². The quantitative estimate of drug-likeness (QED) is 0.793. The number of benzene rings is 1. The average molecular weight is 307 g/mol. The summed E-state index contributed by atoms with van der Waals surface area (Å²) < 4.78 is 16.0. The monoisotopic (exact) mass is 307 g/mol. The van der Waals surface area contributed by atoms with E-state index in [0.29, 0.717) is 22.1 Å². The lowest BCUT2D eigenvalue weighted by molar-refractivity contribution is 0.102. The molecule has 0 saturated heterocycles. The van der Waals surface area contributed by atoms with Crippen LogP contribution in [0.3, 0.4) is 0 Å². The third kappa shape index (κ3) is 2.85. The Bertz CT molecular complexity index is 679. The fourth-order valence-electron chi connectivity index (χ4n) is 2.03. The summed E-state index contributed by atoms with van der Waals surface area (Å²) >= 11 is 1.35. The van der Waals surface area contributed by atoms with Gasteiger partial charge in [0.05, 0.1) is 37.5 Å². The highest BCUT2D eigenvalue weighted by Crippen LogP contribution is 2.41. The van der Waals surface area contributed by atoms with Crippen molar-refractivity contribution in [3.05, 3.63) is 22.7 Å². The molecule has 2 aromatic rings. The maximum Gasteiger partial charge on any atom is 0.171 e. The minimum Gasteiger partial charge on any atom is -0.496 e. The number of carbonyl (C=O) groups is 1. The Hall–Kier alpha value is -2.08. The molecule has 0 bridgehead atoms. The number of aryl methyl sites for hydroxylation is 1. The highest BCUT2D eigenvalue weighted by Gasteiger charge is 2.19. The second kappa shape index (κ2) is 6.13. The lowest BCUT2D eigenvalue weighted by atomic mass is 10.2. The summed E-state index contributed by atoms with van der Waals surface area (Å²) in [5.74, 6) is 1.80. The van der Waals surface area contributed by atoms with Crippen LogP contribution in [0.4, 0.5) is 0 Å². The topological polar surface area (TPSA) is 57.7 Å². The molecule has 0 spiro atoms. The maximum absolute atomic E-state index is 11.6. The molecule has 0 aliphatic carbocycles. The standard InChI is InChI=1S/C15H17NO4S/c1-8-14(9(2)17)21-15(16-8)10-6-12(19-4)13(20-5)7-11(10)18-3/h6-7H,1-5H3. The molecule has 0 radical (unpaired) electrons. The molecule has 112 valence electrons. The van der Waals surface area contributed by atoms with Crippen molar-refractivity contribution < 1.29 is 19.0 Å². The van der Waals surface area contributed by atoms with Crippen LogP contribution in [0, 0.1) is 6.92 Å². The van der Waals surface area contributed by atoms with Crippen LogP contribution >= 0.6 is 11.3 Å². The van der Waals surface area contributed by atoms with Gasteiger partial charge >= 0.3 is 0 Å². The van der Waals surface area contributed by atoms with Crippen LogP contribution in [-0.2, 0) is 0 Å². The first-order valence-electron chi connectivity index (χ1n) is 6.30. The summed E-state index contributed by atoms with van der Waals surface area (Å²) in [4.78, 5) is 16.7. The number of carbonyl (C=O) groups excluding carboxylic acids is 1. The van der Waals surface area contributed by atoms with E-state index >= 15 is 0 Å². The van der Waals surface area contributed by atoms with Crippen LogP contribution in [0.1, 0.15) is 22.3 Å². The Morgan fingerprint density at radius 2 is 1.62 bits per heavy atom. The third-order valence-corrected chi connectivity index (χ3v) is 4.34. The zero-order valence-corrected chi connectivity index (χ0v) is 13.5. The van der Waals surface area contributed by atoms with Crippen molar-refractivity contribution in [3.63, 3.8) is 0 Å². The number of hydrogen-bond acceptors (Lipinski definition) is 6. The van der Waals surface area contributed by atoms with Crippen molar-refractivity contribution in [1.29, 1.82) is 0 Å². The molecule has 1 aromatic carbocycles. The maximum atomic E-state index is 11.6. The predicted molar refractivity (Wildman–Crippen MR) is 81.9 cm³/mol. The van der Waals surface area contributed by atoms with E-state index < -0.39 is 0 Å². The number of hydrogen-bond donors (Lipinski definition) is 0. The number of aromatic nitrogens is 1. The molecule has 2 rings (SSSR count). The SMILES string of the molecule is COc1cc(OC)c(-c2nc(C)c(C(C)=O)s2)cc1OC. The highest BCUT2D eigenvalue weighted by molar-refractivity contribution is 7.17. The van der Waals surface area contributed by atoms with Gasteiger partial charge in [0.25, 0.3) is 0 Å². The van der Waals surface area contributed by atoms with Crippen LogP contribution in [0.15, 0.2) is 12.1 Å². The van der Waals surface area contributed by atoms with Crippen molar-refractivity contribution in [1.82, 2.24) is 4.98 Å². The van der Waals surface area contributed by atoms with Gasteiger partial charge in [0.1, 0.15) is 10.8 Å². The van der Waals surface area contributed by atoms with Gasteiger partial charge in [-0.15, -0.1) is 11.3 Å². The summed E-state index contributed by atoms with van der Waals surface area (Å²) in [7, 11) is 4.72. The zero-order valence-electron chi connectivity index (χ0n) is 12.6. The van der Waals surface area contributed by atoms with E-state index in [9.17, 15) is 4.79 Å². The number of Topliss-reactive ketones (excluding diaryl/α,β-unsaturated/α-hetero) is 1. The zero-order chi connectivity index (χ0) is 15.6. The van der Waals surface area contributed by atoms with E-state index in [-0.39, 0.29) is 5.78 Å². The van der Waals surface area contributed by atoms with Gasteiger partial charge in [-0.05, 0) is 13.0 Å². The van der Waals surface area contributed by atoms with E-state index in [1.165, 1.54) is 18.3 Å². The van der Waals surface area contributed by atoms with E-state index in [0.717, 1.165) is 16.3 Å². The Labute approximate surface area is 127 Å². The van der Waals surface area contributed by atoms with Gasteiger partial charge in [0, 0.05) is 13.0 Å². The van der Waals surface area contributed by atoms with E-state index in [1.807, 2.05) is 6.92 Å². The molecule has 1 aromatic heterocycles. The number of ketones is 1. The third-order valence-electron chi connectivity index (χ3n) is 3.05. The van der Waals surface area contributed by atoms with Crippen molar-refractivity contribution >= 4 is 17.1 Å². The molecule has 5 nitrogen and oxygen atoms in total. The summed E-state index contributed by atoms with van der Waals surface area (Å²) in [6.07, 6.45) is 0. The van der Waals surface area contributed by atoms with E-state index in [2.05, 4.69) is 4.98 Å². The fraction of sp³-hybridized carbons (Fsp3) is 0.333. The molecule has 0 unspecified atom stereocenters. The van der Waals surface area contributed by atoms with Crippen molar-refractivity contribution in [2.24, 2.45) is 0 Å². The first kappa shape index (κ1) is 15.3. The number of thiazole rings is 1. The normalized spacial score (nSPS) is 10.3. The van der Waals surface area contributed by atoms with Gasteiger partial charge in [0.15, 0.2) is 17.3 Å². The lowest BCUT2D eigenvalue weighted by Crippen LogP contribution is -1.94. The van der Waals surface area contributed by atoms with Gasteiger partial charge in [-0.2, -0.15) is 0 Å². The van der Waals surface area contributed by atoms with Gasteiger partial charge in [0.2, 0.25) is 0 Å². The number of ether oxygens (including phenoxy) is 3. The first-order chi connectivity index (χ1) is 10.0.